The lowest BCUT2D eigenvalue weighted by Gasteiger charge is -2.06. The van der Waals surface area contributed by atoms with E-state index in [2.05, 4.69) is 19.9 Å². The van der Waals surface area contributed by atoms with Crippen LogP contribution in [0.15, 0.2) is 64.0 Å². The summed E-state index contributed by atoms with van der Waals surface area (Å²) in [5.41, 5.74) is 3.64. The van der Waals surface area contributed by atoms with Crippen LogP contribution in [0.4, 0.5) is 13.2 Å². The van der Waals surface area contributed by atoms with Gasteiger partial charge in [0.05, 0.1) is 29.7 Å². The molecule has 0 amide bonds. The van der Waals surface area contributed by atoms with Gasteiger partial charge in [-0.25, -0.2) is 13.7 Å². The summed E-state index contributed by atoms with van der Waals surface area (Å²) in [6.07, 6.45) is 1.60. The van der Waals surface area contributed by atoms with Gasteiger partial charge < -0.3 is 4.74 Å². The Morgan fingerprint density at radius 3 is 2.50 bits per heavy atom. The largest absolute Gasteiger partial charge is 0.435 e. The minimum atomic E-state index is -2.89. The molecule has 0 aliphatic rings. The van der Waals surface area contributed by atoms with Gasteiger partial charge in [0.25, 0.3) is 0 Å². The van der Waals surface area contributed by atoms with Gasteiger partial charge in [0, 0.05) is 18.0 Å². The maximum absolute atomic E-state index is 13.2. The fraction of sp³-hybridized carbons (Fsp3) is 0.174. The lowest BCUT2D eigenvalue weighted by Crippen LogP contribution is -2.11. The molecular weight excluding hydrogens is 487 g/mol. The average molecular weight is 506 g/mol. The fourth-order valence-electron chi connectivity index (χ4n) is 3.26. The summed E-state index contributed by atoms with van der Waals surface area (Å²) >= 11 is 7.95. The predicted molar refractivity (Wildman–Crippen MR) is 126 cm³/mol. The molecule has 2 aromatic heterocycles. The minimum absolute atomic E-state index is 0.0698. The first-order chi connectivity index (χ1) is 16.4. The first-order valence-corrected chi connectivity index (χ1v) is 11.3. The lowest BCUT2D eigenvalue weighted by molar-refractivity contribution is -0.0498. The van der Waals surface area contributed by atoms with Crippen molar-refractivity contribution in [2.24, 2.45) is 10.1 Å². The van der Waals surface area contributed by atoms with Crippen LogP contribution in [0.3, 0.4) is 0 Å². The SMILES string of the molecule is CN=c1scc(-c2ccc(OC(F)F)cc2)n1/N=C\c1c(C)nn(Cc2ccc(F)cc2)c1Cl. The predicted octanol–water partition coefficient (Wildman–Crippen LogP) is 5.58. The van der Waals surface area contributed by atoms with E-state index < -0.39 is 6.61 Å². The number of halogens is 4. The molecule has 0 aliphatic heterocycles. The Balaban J connectivity index is 1.64. The smallest absolute Gasteiger partial charge is 0.387 e. The van der Waals surface area contributed by atoms with Gasteiger partial charge in [-0.15, -0.1) is 11.3 Å². The Hall–Kier alpha value is -3.37. The van der Waals surface area contributed by atoms with Crippen molar-refractivity contribution in [2.45, 2.75) is 20.1 Å². The van der Waals surface area contributed by atoms with E-state index in [1.54, 1.807) is 46.9 Å². The summed E-state index contributed by atoms with van der Waals surface area (Å²) < 4.78 is 45.7. The number of nitrogens with zero attached hydrogens (tertiary/aromatic N) is 5. The summed E-state index contributed by atoms with van der Waals surface area (Å²) in [5, 5.41) is 11.3. The topological polar surface area (TPSA) is 56.7 Å². The Morgan fingerprint density at radius 2 is 1.85 bits per heavy atom. The number of rotatable bonds is 7. The van der Waals surface area contributed by atoms with Gasteiger partial charge in [0.2, 0.25) is 4.80 Å². The van der Waals surface area contributed by atoms with Crippen LogP contribution >= 0.6 is 22.9 Å². The highest BCUT2D eigenvalue weighted by atomic mass is 35.5. The quantitative estimate of drug-likeness (QED) is 0.308. The van der Waals surface area contributed by atoms with Crippen LogP contribution in [0.5, 0.6) is 5.75 Å². The number of benzene rings is 2. The van der Waals surface area contributed by atoms with Crippen LogP contribution in [0.25, 0.3) is 11.3 Å². The van der Waals surface area contributed by atoms with Gasteiger partial charge in [0.1, 0.15) is 16.7 Å². The molecule has 0 N–H and O–H groups in total. The van der Waals surface area contributed by atoms with Crippen molar-refractivity contribution < 1.29 is 17.9 Å². The number of ether oxygens (including phenoxy) is 1. The Labute approximate surface area is 202 Å². The summed E-state index contributed by atoms with van der Waals surface area (Å²) in [7, 11) is 1.65. The molecule has 0 spiro atoms. The highest BCUT2D eigenvalue weighted by molar-refractivity contribution is 7.07. The lowest BCUT2D eigenvalue weighted by atomic mass is 10.2. The molecule has 0 saturated heterocycles. The fourth-order valence-corrected chi connectivity index (χ4v) is 4.35. The Morgan fingerprint density at radius 1 is 1.15 bits per heavy atom. The molecule has 0 radical (unpaired) electrons. The van der Waals surface area contributed by atoms with Crippen molar-refractivity contribution in [3.8, 4) is 17.0 Å². The molecule has 4 aromatic rings. The van der Waals surface area contributed by atoms with Crippen molar-refractivity contribution in [1.29, 1.82) is 0 Å². The van der Waals surface area contributed by atoms with E-state index in [0.29, 0.717) is 27.8 Å². The van der Waals surface area contributed by atoms with Crippen LogP contribution < -0.4 is 9.54 Å². The molecule has 0 unspecified atom stereocenters. The van der Waals surface area contributed by atoms with Gasteiger partial charge in [0.15, 0.2) is 0 Å². The van der Waals surface area contributed by atoms with Crippen molar-refractivity contribution in [2.75, 3.05) is 7.05 Å². The number of aryl methyl sites for hydroxylation is 1. The van der Waals surface area contributed by atoms with Crippen LogP contribution in [0, 0.1) is 12.7 Å². The summed E-state index contributed by atoms with van der Waals surface area (Å²) in [6, 6.07) is 12.4. The van der Waals surface area contributed by atoms with Crippen molar-refractivity contribution in [3.05, 3.63) is 86.5 Å². The number of thiazole rings is 1. The number of hydrogen-bond donors (Lipinski definition) is 0. The first-order valence-electron chi connectivity index (χ1n) is 10.1. The van der Waals surface area contributed by atoms with E-state index >= 15 is 0 Å². The molecular formula is C23H19ClF3N5OS. The van der Waals surface area contributed by atoms with Crippen LogP contribution in [-0.4, -0.2) is 34.3 Å². The molecule has 2 aromatic carbocycles. The zero-order valence-electron chi connectivity index (χ0n) is 18.1. The second-order valence-electron chi connectivity index (χ2n) is 7.16. The summed E-state index contributed by atoms with van der Waals surface area (Å²) in [4.78, 5) is 4.89. The molecule has 6 nitrogen and oxygen atoms in total. The van der Waals surface area contributed by atoms with Crippen LogP contribution in [0.2, 0.25) is 5.15 Å². The maximum atomic E-state index is 13.2. The third-order valence-electron chi connectivity index (χ3n) is 4.91. The zero-order valence-corrected chi connectivity index (χ0v) is 19.7. The number of alkyl halides is 2. The zero-order chi connectivity index (χ0) is 24.2. The molecule has 4 rings (SSSR count). The van der Waals surface area contributed by atoms with E-state index in [4.69, 9.17) is 11.6 Å². The van der Waals surface area contributed by atoms with E-state index in [1.807, 2.05) is 12.3 Å². The van der Waals surface area contributed by atoms with E-state index in [1.165, 1.54) is 35.6 Å². The van der Waals surface area contributed by atoms with E-state index in [-0.39, 0.29) is 11.6 Å². The molecule has 0 bridgehead atoms. The van der Waals surface area contributed by atoms with Gasteiger partial charge in [-0.3, -0.25) is 4.99 Å². The molecule has 0 saturated carbocycles. The highest BCUT2D eigenvalue weighted by Gasteiger charge is 2.14. The second-order valence-corrected chi connectivity index (χ2v) is 8.35. The molecule has 2 heterocycles. The van der Waals surface area contributed by atoms with Gasteiger partial charge in [-0.05, 0) is 48.9 Å². The van der Waals surface area contributed by atoms with Crippen molar-refractivity contribution >= 4 is 29.2 Å². The third kappa shape index (κ3) is 5.23. The van der Waals surface area contributed by atoms with Crippen LogP contribution in [0.1, 0.15) is 16.8 Å². The Bertz CT molecular complexity index is 1380. The molecule has 176 valence electrons. The molecule has 0 atom stereocenters. The van der Waals surface area contributed by atoms with Gasteiger partial charge in [-0.1, -0.05) is 23.7 Å². The first kappa shape index (κ1) is 23.8. The van der Waals surface area contributed by atoms with E-state index in [0.717, 1.165) is 16.8 Å². The normalized spacial score (nSPS) is 12.3. The summed E-state index contributed by atoms with van der Waals surface area (Å²) in [6.45, 7) is -0.683. The van der Waals surface area contributed by atoms with Crippen LogP contribution in [-0.2, 0) is 6.54 Å². The minimum Gasteiger partial charge on any atom is -0.435 e. The standard InChI is InChI=1S/C23H19ClF3N5OS/c1-14-19(21(24)31(30-14)12-15-3-7-17(25)8-4-15)11-29-32-20(13-34-23(32)28-2)16-5-9-18(10-6-16)33-22(26)27/h3-11,13,22H,12H2,1-2H3/b28-23?,29-11-. The van der Waals surface area contributed by atoms with Crippen molar-refractivity contribution in [3.63, 3.8) is 0 Å². The molecule has 11 heteroatoms. The molecule has 34 heavy (non-hydrogen) atoms. The average Bonchev–Trinajstić information content (AvgIpc) is 3.34. The second kappa shape index (κ2) is 10.3. The van der Waals surface area contributed by atoms with Crippen molar-refractivity contribution in [1.82, 2.24) is 14.5 Å². The van der Waals surface area contributed by atoms with Gasteiger partial charge in [-0.2, -0.15) is 19.0 Å². The number of aromatic nitrogens is 3. The maximum Gasteiger partial charge on any atom is 0.387 e. The summed E-state index contributed by atoms with van der Waals surface area (Å²) in [5.74, 6) is -0.239. The Kier molecular flexibility index (Phi) is 7.18. The third-order valence-corrected chi connectivity index (χ3v) is 6.22. The monoisotopic (exact) mass is 505 g/mol. The van der Waals surface area contributed by atoms with E-state index in [9.17, 15) is 13.2 Å². The molecule has 0 fully saturated rings. The van der Waals surface area contributed by atoms with Gasteiger partial charge >= 0.3 is 6.61 Å². The molecule has 0 aliphatic carbocycles. The highest BCUT2D eigenvalue weighted by Crippen LogP contribution is 2.25. The number of hydrogen-bond acceptors (Lipinski definition) is 5.